The lowest BCUT2D eigenvalue weighted by Crippen LogP contribution is -2.40. The molecule has 0 amide bonds. The molecular formula is C13H27NO3S. The van der Waals surface area contributed by atoms with E-state index in [1.54, 1.807) is 7.11 Å². The SMILES string of the molecule is CCCNC1CCCC(S(=O)(=O)CCCOC)C1. The minimum atomic E-state index is -2.93. The summed E-state index contributed by atoms with van der Waals surface area (Å²) in [6.07, 6.45) is 5.47. The smallest absolute Gasteiger partial charge is 0.153 e. The first-order chi connectivity index (χ1) is 8.60. The zero-order chi connectivity index (χ0) is 13.4. The Morgan fingerprint density at radius 2 is 2.11 bits per heavy atom. The van der Waals surface area contributed by atoms with Crippen LogP contribution in [0.25, 0.3) is 0 Å². The summed E-state index contributed by atoms with van der Waals surface area (Å²) in [4.78, 5) is 0. The van der Waals surface area contributed by atoms with Gasteiger partial charge in [-0.3, -0.25) is 0 Å². The summed E-state index contributed by atoms with van der Waals surface area (Å²) >= 11 is 0. The number of hydrogen-bond acceptors (Lipinski definition) is 4. The Hall–Kier alpha value is -0.130. The molecule has 2 unspecified atom stereocenters. The molecule has 0 radical (unpaired) electrons. The van der Waals surface area contributed by atoms with Crippen molar-refractivity contribution in [3.63, 3.8) is 0 Å². The molecule has 1 fully saturated rings. The largest absolute Gasteiger partial charge is 0.385 e. The van der Waals surface area contributed by atoms with Crippen LogP contribution in [-0.4, -0.2) is 45.7 Å². The summed E-state index contributed by atoms with van der Waals surface area (Å²) in [7, 11) is -1.32. The van der Waals surface area contributed by atoms with Gasteiger partial charge in [-0.1, -0.05) is 13.3 Å². The first-order valence-electron chi connectivity index (χ1n) is 7.04. The van der Waals surface area contributed by atoms with Gasteiger partial charge in [-0.2, -0.15) is 0 Å². The molecular weight excluding hydrogens is 250 g/mol. The fourth-order valence-electron chi connectivity index (χ4n) is 2.58. The number of hydrogen-bond donors (Lipinski definition) is 1. The van der Waals surface area contributed by atoms with Crippen LogP contribution in [0.5, 0.6) is 0 Å². The summed E-state index contributed by atoms with van der Waals surface area (Å²) in [6.45, 7) is 3.65. The maximum Gasteiger partial charge on any atom is 0.153 e. The van der Waals surface area contributed by atoms with Crippen LogP contribution in [0.1, 0.15) is 45.4 Å². The molecule has 0 bridgehead atoms. The molecule has 0 aromatic rings. The Morgan fingerprint density at radius 3 is 2.78 bits per heavy atom. The standard InChI is InChI=1S/C13H27NO3S/c1-3-8-14-12-6-4-7-13(11-12)18(15,16)10-5-9-17-2/h12-14H,3-11H2,1-2H3. The quantitative estimate of drug-likeness (QED) is 0.687. The number of methoxy groups -OCH3 is 1. The molecule has 0 spiro atoms. The van der Waals surface area contributed by atoms with Crippen molar-refractivity contribution < 1.29 is 13.2 Å². The van der Waals surface area contributed by atoms with Crippen LogP contribution < -0.4 is 5.32 Å². The lowest BCUT2D eigenvalue weighted by atomic mass is 9.95. The zero-order valence-corrected chi connectivity index (χ0v) is 12.5. The third-order valence-electron chi connectivity index (χ3n) is 3.59. The Bertz CT molecular complexity index is 316. The van der Waals surface area contributed by atoms with Gasteiger partial charge in [-0.15, -0.1) is 0 Å². The molecule has 1 aliphatic rings. The molecule has 108 valence electrons. The third-order valence-corrected chi connectivity index (χ3v) is 5.90. The number of rotatable bonds is 8. The van der Waals surface area contributed by atoms with Gasteiger partial charge in [0.05, 0.1) is 11.0 Å². The summed E-state index contributed by atoms with van der Waals surface area (Å²) in [5.74, 6) is 0.270. The second kappa shape index (κ2) is 8.12. The molecule has 5 heteroatoms. The molecule has 18 heavy (non-hydrogen) atoms. The molecule has 0 saturated heterocycles. The second-order valence-corrected chi connectivity index (χ2v) is 7.55. The predicted octanol–water partition coefficient (Wildman–Crippen LogP) is 1.75. The van der Waals surface area contributed by atoms with E-state index in [1.807, 2.05) is 0 Å². The molecule has 4 nitrogen and oxygen atoms in total. The molecule has 1 N–H and O–H groups in total. The van der Waals surface area contributed by atoms with E-state index in [0.29, 0.717) is 19.1 Å². The molecule has 1 saturated carbocycles. The van der Waals surface area contributed by atoms with Gasteiger partial charge in [0.2, 0.25) is 0 Å². The second-order valence-electron chi connectivity index (χ2n) is 5.15. The molecule has 1 aliphatic carbocycles. The van der Waals surface area contributed by atoms with Gasteiger partial charge in [-0.25, -0.2) is 8.42 Å². The van der Waals surface area contributed by atoms with E-state index in [-0.39, 0.29) is 11.0 Å². The topological polar surface area (TPSA) is 55.4 Å². The predicted molar refractivity (Wildman–Crippen MR) is 74.6 cm³/mol. The monoisotopic (exact) mass is 277 g/mol. The van der Waals surface area contributed by atoms with Gasteiger partial charge < -0.3 is 10.1 Å². The van der Waals surface area contributed by atoms with Crippen molar-refractivity contribution in [1.82, 2.24) is 5.32 Å². The zero-order valence-electron chi connectivity index (χ0n) is 11.7. The van der Waals surface area contributed by atoms with E-state index in [4.69, 9.17) is 4.74 Å². The van der Waals surface area contributed by atoms with E-state index in [1.165, 1.54) is 0 Å². The van der Waals surface area contributed by atoms with Crippen molar-refractivity contribution in [3.8, 4) is 0 Å². The fraction of sp³-hybridized carbons (Fsp3) is 1.00. The highest BCUT2D eigenvalue weighted by molar-refractivity contribution is 7.92. The molecule has 0 aromatic heterocycles. The number of nitrogens with one attached hydrogen (secondary N) is 1. The molecule has 0 heterocycles. The lowest BCUT2D eigenvalue weighted by molar-refractivity contribution is 0.199. The van der Waals surface area contributed by atoms with E-state index >= 15 is 0 Å². The maximum atomic E-state index is 12.2. The van der Waals surface area contributed by atoms with Crippen LogP contribution >= 0.6 is 0 Å². The van der Waals surface area contributed by atoms with Gasteiger partial charge in [0.25, 0.3) is 0 Å². The van der Waals surface area contributed by atoms with Crippen LogP contribution in [0.3, 0.4) is 0 Å². The summed E-state index contributed by atoms with van der Waals surface area (Å²) in [5, 5.41) is 3.31. The molecule has 0 aliphatic heterocycles. The van der Waals surface area contributed by atoms with Crippen molar-refractivity contribution in [1.29, 1.82) is 0 Å². The van der Waals surface area contributed by atoms with Crippen molar-refractivity contribution in [3.05, 3.63) is 0 Å². The van der Waals surface area contributed by atoms with Crippen molar-refractivity contribution >= 4 is 9.84 Å². The van der Waals surface area contributed by atoms with Crippen LogP contribution in [-0.2, 0) is 14.6 Å². The molecule has 1 rings (SSSR count). The van der Waals surface area contributed by atoms with Crippen LogP contribution in [0.2, 0.25) is 0 Å². The number of ether oxygens (including phenoxy) is 1. The summed E-state index contributed by atoms with van der Waals surface area (Å²) in [5.41, 5.74) is 0. The molecule has 2 atom stereocenters. The van der Waals surface area contributed by atoms with E-state index in [2.05, 4.69) is 12.2 Å². The van der Waals surface area contributed by atoms with Crippen molar-refractivity contribution in [2.75, 3.05) is 26.0 Å². The Kier molecular flexibility index (Phi) is 7.19. The highest BCUT2D eigenvalue weighted by Crippen LogP contribution is 2.25. The van der Waals surface area contributed by atoms with Gasteiger partial charge in [0, 0.05) is 19.8 Å². The summed E-state index contributed by atoms with van der Waals surface area (Å²) < 4.78 is 29.3. The fourth-order valence-corrected chi connectivity index (χ4v) is 4.48. The Labute approximate surface area is 111 Å². The first-order valence-corrected chi connectivity index (χ1v) is 8.75. The van der Waals surface area contributed by atoms with E-state index in [0.717, 1.165) is 38.6 Å². The lowest BCUT2D eigenvalue weighted by Gasteiger charge is -2.29. The van der Waals surface area contributed by atoms with Crippen molar-refractivity contribution in [2.24, 2.45) is 0 Å². The molecule has 0 aromatic carbocycles. The maximum absolute atomic E-state index is 12.2. The van der Waals surface area contributed by atoms with E-state index < -0.39 is 9.84 Å². The normalized spacial score (nSPS) is 25.2. The average molecular weight is 277 g/mol. The first kappa shape index (κ1) is 15.9. The van der Waals surface area contributed by atoms with Gasteiger partial charge in [0.1, 0.15) is 0 Å². The van der Waals surface area contributed by atoms with Crippen LogP contribution in [0.4, 0.5) is 0 Å². The Balaban J connectivity index is 2.43. The van der Waals surface area contributed by atoms with Gasteiger partial charge in [0.15, 0.2) is 9.84 Å². The minimum Gasteiger partial charge on any atom is -0.385 e. The van der Waals surface area contributed by atoms with Gasteiger partial charge in [-0.05, 0) is 38.6 Å². The van der Waals surface area contributed by atoms with Crippen LogP contribution in [0.15, 0.2) is 0 Å². The third kappa shape index (κ3) is 5.24. The summed E-state index contributed by atoms with van der Waals surface area (Å²) in [6, 6.07) is 0.390. The minimum absolute atomic E-state index is 0.141. The Morgan fingerprint density at radius 1 is 1.33 bits per heavy atom. The highest BCUT2D eigenvalue weighted by atomic mass is 32.2. The van der Waals surface area contributed by atoms with Crippen LogP contribution in [0, 0.1) is 0 Å². The van der Waals surface area contributed by atoms with Gasteiger partial charge >= 0.3 is 0 Å². The van der Waals surface area contributed by atoms with Crippen molar-refractivity contribution in [2.45, 2.75) is 56.7 Å². The number of sulfone groups is 1. The average Bonchev–Trinajstić information content (AvgIpc) is 2.37. The highest BCUT2D eigenvalue weighted by Gasteiger charge is 2.30. The van der Waals surface area contributed by atoms with E-state index in [9.17, 15) is 8.42 Å².